The molecule has 0 saturated carbocycles. The molecule has 0 bridgehead atoms. The third kappa shape index (κ3) is 5.10. The first-order valence-corrected chi connectivity index (χ1v) is 9.55. The minimum atomic E-state index is -0.500. The van der Waals surface area contributed by atoms with Gasteiger partial charge in [-0.15, -0.1) is 6.58 Å². The first kappa shape index (κ1) is 19.4. The number of hydrogen-bond donors (Lipinski definition) is 0. The molecule has 4 heteroatoms. The highest BCUT2D eigenvalue weighted by Gasteiger charge is 2.37. The van der Waals surface area contributed by atoms with Gasteiger partial charge >= 0.3 is 6.09 Å². The van der Waals surface area contributed by atoms with Gasteiger partial charge in [-0.25, -0.2) is 4.79 Å². The zero-order valence-electron chi connectivity index (χ0n) is 16.5. The van der Waals surface area contributed by atoms with Gasteiger partial charge in [-0.3, -0.25) is 0 Å². The summed E-state index contributed by atoms with van der Waals surface area (Å²) in [4.78, 5) is 14.3. The molecule has 0 radical (unpaired) electrons. The predicted molar refractivity (Wildman–Crippen MR) is 109 cm³/mol. The van der Waals surface area contributed by atoms with Crippen molar-refractivity contribution in [3.8, 4) is 0 Å². The van der Waals surface area contributed by atoms with Crippen LogP contribution < -0.4 is 0 Å². The summed E-state index contributed by atoms with van der Waals surface area (Å²) in [6.45, 7) is 10.6. The van der Waals surface area contributed by atoms with E-state index in [0.29, 0.717) is 13.2 Å². The van der Waals surface area contributed by atoms with Crippen LogP contribution in [0.1, 0.15) is 39.2 Å². The molecule has 2 aromatic rings. The van der Waals surface area contributed by atoms with Gasteiger partial charge in [0.15, 0.2) is 0 Å². The molecule has 2 unspecified atom stereocenters. The molecule has 4 nitrogen and oxygen atoms in total. The smallest absolute Gasteiger partial charge is 0.410 e. The highest BCUT2D eigenvalue weighted by molar-refractivity contribution is 5.82. The van der Waals surface area contributed by atoms with E-state index in [2.05, 4.69) is 36.9 Å². The van der Waals surface area contributed by atoms with Crippen molar-refractivity contribution < 1.29 is 14.3 Å². The molecule has 0 spiro atoms. The Morgan fingerprint density at radius 3 is 2.67 bits per heavy atom. The number of rotatable bonds is 5. The van der Waals surface area contributed by atoms with Crippen LogP contribution in [0.15, 0.2) is 55.1 Å². The van der Waals surface area contributed by atoms with Crippen LogP contribution in [0.2, 0.25) is 0 Å². The molecule has 2 aromatic carbocycles. The van der Waals surface area contributed by atoms with Crippen molar-refractivity contribution in [3.63, 3.8) is 0 Å². The third-order valence-electron chi connectivity index (χ3n) is 4.74. The van der Waals surface area contributed by atoms with E-state index < -0.39 is 5.60 Å². The quantitative estimate of drug-likeness (QED) is 0.672. The average Bonchev–Trinajstić information content (AvgIpc) is 3.02. The number of carbonyl (C=O) groups excluding carboxylic acids is 1. The fraction of sp³-hybridized carbons (Fsp3) is 0.435. The lowest BCUT2D eigenvalue weighted by Crippen LogP contribution is -2.40. The minimum Gasteiger partial charge on any atom is -0.444 e. The minimum absolute atomic E-state index is 0.00828. The van der Waals surface area contributed by atoms with Crippen LogP contribution in [-0.4, -0.2) is 35.3 Å². The van der Waals surface area contributed by atoms with Crippen LogP contribution in [0, 0.1) is 0 Å². The van der Waals surface area contributed by atoms with Crippen LogP contribution in [0.5, 0.6) is 0 Å². The van der Waals surface area contributed by atoms with Crippen molar-refractivity contribution >= 4 is 16.9 Å². The Hall–Kier alpha value is -2.33. The number of fused-ring (bicyclic) bond motifs is 1. The van der Waals surface area contributed by atoms with Crippen LogP contribution in [-0.2, 0) is 16.1 Å². The molecular weight excluding hydrogens is 338 g/mol. The third-order valence-corrected chi connectivity index (χ3v) is 4.74. The summed E-state index contributed by atoms with van der Waals surface area (Å²) in [7, 11) is 0. The highest BCUT2D eigenvalue weighted by Crippen LogP contribution is 2.26. The second-order valence-corrected chi connectivity index (χ2v) is 8.16. The summed E-state index contributed by atoms with van der Waals surface area (Å²) in [6.07, 6.45) is 3.14. The number of likely N-dealkylation sites (tertiary alicyclic amines) is 1. The van der Waals surface area contributed by atoms with Crippen LogP contribution in [0.3, 0.4) is 0 Å². The summed E-state index contributed by atoms with van der Waals surface area (Å²) in [6, 6.07) is 14.8. The topological polar surface area (TPSA) is 38.8 Å². The number of hydrogen-bond acceptors (Lipinski definition) is 3. The first-order chi connectivity index (χ1) is 12.9. The molecule has 27 heavy (non-hydrogen) atoms. The lowest BCUT2D eigenvalue weighted by atomic mass is 10.1. The normalized spacial score (nSPS) is 20.0. The molecule has 2 atom stereocenters. The summed E-state index contributed by atoms with van der Waals surface area (Å²) in [5, 5.41) is 2.44. The van der Waals surface area contributed by atoms with E-state index in [1.807, 2.05) is 39.0 Å². The van der Waals surface area contributed by atoms with Crippen LogP contribution >= 0.6 is 0 Å². The van der Waals surface area contributed by atoms with Gasteiger partial charge in [0.1, 0.15) is 5.60 Å². The van der Waals surface area contributed by atoms with Gasteiger partial charge in [-0.2, -0.15) is 0 Å². The Balaban J connectivity index is 1.62. The zero-order chi connectivity index (χ0) is 19.4. The zero-order valence-corrected chi connectivity index (χ0v) is 16.5. The predicted octanol–water partition coefficient (Wildman–Crippen LogP) is 5.31. The lowest BCUT2D eigenvalue weighted by molar-refractivity contribution is 0.0151. The van der Waals surface area contributed by atoms with Gasteiger partial charge in [-0.05, 0) is 56.0 Å². The fourth-order valence-electron chi connectivity index (χ4n) is 3.50. The second-order valence-electron chi connectivity index (χ2n) is 8.16. The maximum Gasteiger partial charge on any atom is 0.410 e. The Kier molecular flexibility index (Phi) is 5.85. The molecule has 1 fully saturated rings. The van der Waals surface area contributed by atoms with Crippen molar-refractivity contribution in [2.45, 2.75) is 58.0 Å². The van der Waals surface area contributed by atoms with E-state index in [9.17, 15) is 4.79 Å². The molecule has 1 saturated heterocycles. The SMILES string of the molecule is C=CCC1CC(OCc2ccc3ccccc3c2)CN1C(=O)OC(C)(C)C. The summed E-state index contributed by atoms with van der Waals surface area (Å²) in [5.74, 6) is 0. The number of benzene rings is 2. The van der Waals surface area contributed by atoms with Crippen molar-refractivity contribution in [1.29, 1.82) is 0 Å². The van der Waals surface area contributed by atoms with Crippen molar-refractivity contribution in [2.24, 2.45) is 0 Å². The summed E-state index contributed by atoms with van der Waals surface area (Å²) < 4.78 is 11.7. The van der Waals surface area contributed by atoms with Crippen molar-refractivity contribution in [1.82, 2.24) is 4.90 Å². The fourth-order valence-corrected chi connectivity index (χ4v) is 3.50. The van der Waals surface area contributed by atoms with Crippen LogP contribution in [0.4, 0.5) is 4.79 Å². The van der Waals surface area contributed by atoms with Crippen LogP contribution in [0.25, 0.3) is 10.8 Å². The van der Waals surface area contributed by atoms with E-state index in [4.69, 9.17) is 9.47 Å². The monoisotopic (exact) mass is 367 g/mol. The standard InChI is InChI=1S/C23H29NO3/c1-5-8-20-14-21(15-24(20)22(25)27-23(2,3)4)26-16-17-11-12-18-9-6-7-10-19(18)13-17/h5-7,9-13,20-21H,1,8,14-16H2,2-4H3. The van der Waals surface area contributed by atoms with E-state index in [0.717, 1.165) is 18.4 Å². The largest absolute Gasteiger partial charge is 0.444 e. The Morgan fingerprint density at radius 1 is 1.22 bits per heavy atom. The molecule has 144 valence electrons. The summed E-state index contributed by atoms with van der Waals surface area (Å²) in [5.41, 5.74) is 0.643. The van der Waals surface area contributed by atoms with Gasteiger partial charge in [-0.1, -0.05) is 42.5 Å². The molecule has 3 rings (SSSR count). The van der Waals surface area contributed by atoms with Gasteiger partial charge in [0.2, 0.25) is 0 Å². The second kappa shape index (κ2) is 8.13. The maximum absolute atomic E-state index is 12.5. The molecule has 1 aliphatic rings. The van der Waals surface area contributed by atoms with Gasteiger partial charge < -0.3 is 14.4 Å². The number of amides is 1. The average molecular weight is 367 g/mol. The van der Waals surface area contributed by atoms with Gasteiger partial charge in [0.25, 0.3) is 0 Å². The molecule has 1 aliphatic heterocycles. The number of ether oxygens (including phenoxy) is 2. The highest BCUT2D eigenvalue weighted by atomic mass is 16.6. The van der Waals surface area contributed by atoms with E-state index in [-0.39, 0.29) is 18.2 Å². The first-order valence-electron chi connectivity index (χ1n) is 9.55. The van der Waals surface area contributed by atoms with Crippen molar-refractivity contribution in [2.75, 3.05) is 6.54 Å². The molecule has 1 heterocycles. The van der Waals surface area contributed by atoms with E-state index >= 15 is 0 Å². The van der Waals surface area contributed by atoms with Gasteiger partial charge in [0, 0.05) is 6.04 Å². The molecule has 0 aliphatic carbocycles. The lowest BCUT2D eigenvalue weighted by Gasteiger charge is -2.28. The summed E-state index contributed by atoms with van der Waals surface area (Å²) >= 11 is 0. The van der Waals surface area contributed by atoms with Crippen molar-refractivity contribution in [3.05, 3.63) is 60.7 Å². The Labute approximate surface area is 161 Å². The number of carbonyl (C=O) groups is 1. The Morgan fingerprint density at radius 2 is 1.96 bits per heavy atom. The maximum atomic E-state index is 12.5. The molecule has 0 N–H and O–H groups in total. The molecular formula is C23H29NO3. The Bertz CT molecular complexity index is 809. The van der Waals surface area contributed by atoms with Gasteiger partial charge in [0.05, 0.1) is 19.3 Å². The van der Waals surface area contributed by atoms with E-state index in [1.54, 1.807) is 4.90 Å². The molecule has 1 amide bonds. The number of nitrogens with zero attached hydrogens (tertiary/aromatic N) is 1. The van der Waals surface area contributed by atoms with E-state index in [1.165, 1.54) is 10.8 Å². The molecule has 0 aromatic heterocycles.